The lowest BCUT2D eigenvalue weighted by Crippen LogP contribution is -2.13. The molecule has 0 bridgehead atoms. The van der Waals surface area contributed by atoms with Crippen LogP contribution in [0.4, 0.5) is 0 Å². The summed E-state index contributed by atoms with van der Waals surface area (Å²) < 4.78 is 0. The maximum atomic E-state index is 5.28. The van der Waals surface area contributed by atoms with Gasteiger partial charge in [-0.1, -0.05) is 19.9 Å². The summed E-state index contributed by atoms with van der Waals surface area (Å²) in [6.45, 7) is 4.23. The van der Waals surface area contributed by atoms with Gasteiger partial charge in [-0.05, 0) is 19.3 Å². The molecule has 0 aliphatic carbocycles. The van der Waals surface area contributed by atoms with Crippen molar-refractivity contribution in [1.29, 1.82) is 0 Å². The number of allylic oxidation sites excluding steroid dienone is 2. The molecule has 0 rings (SSSR count). The van der Waals surface area contributed by atoms with Crippen LogP contribution in [0.15, 0.2) is 11.8 Å². The second kappa shape index (κ2) is 5.74. The zero-order valence-corrected chi connectivity index (χ0v) is 6.28. The average molecular weight is 123 g/mol. The Hall–Kier alpha value is -0.395. The molecule has 1 nitrogen and oxygen atoms in total. The van der Waals surface area contributed by atoms with Crippen molar-refractivity contribution in [3.8, 4) is 0 Å². The molecule has 0 spiro atoms. The summed E-state index contributed by atoms with van der Waals surface area (Å²) in [4.78, 5) is 0. The van der Waals surface area contributed by atoms with E-state index in [2.05, 4.69) is 25.2 Å². The van der Waals surface area contributed by atoms with Gasteiger partial charge in [0.1, 0.15) is 0 Å². The average Bonchev–Trinajstić information content (AvgIpc) is 1.88. The molecule has 0 atom stereocenters. The fourth-order valence-corrected chi connectivity index (χ4v) is 0.719. The van der Waals surface area contributed by atoms with Gasteiger partial charge < -0.3 is 5.32 Å². The molecule has 0 aromatic rings. The van der Waals surface area contributed by atoms with Crippen molar-refractivity contribution in [2.75, 3.05) is 6.44 Å². The van der Waals surface area contributed by atoms with Gasteiger partial charge in [0, 0.05) is 5.70 Å². The highest BCUT2D eigenvalue weighted by molar-refractivity contribution is 6.08. The van der Waals surface area contributed by atoms with E-state index >= 15 is 0 Å². The van der Waals surface area contributed by atoms with E-state index in [0.717, 1.165) is 12.8 Å². The molecule has 0 aromatic heterocycles. The highest BCUT2D eigenvalue weighted by Crippen LogP contribution is 1.95. The summed E-state index contributed by atoms with van der Waals surface area (Å²) in [7, 11) is 5.28. The van der Waals surface area contributed by atoms with Gasteiger partial charge in [0.25, 0.3) is 0 Å². The van der Waals surface area contributed by atoms with Crippen LogP contribution in [0.1, 0.15) is 26.7 Å². The minimum atomic E-state index is 0.541. The maximum Gasteiger partial charge on any atom is 0.0939 e. The van der Waals surface area contributed by atoms with Gasteiger partial charge >= 0.3 is 0 Å². The summed E-state index contributed by atoms with van der Waals surface area (Å²) in [6.07, 6.45) is 4.83. The molecule has 2 heteroatoms. The van der Waals surface area contributed by atoms with Crippen LogP contribution in [0.25, 0.3) is 0 Å². The van der Waals surface area contributed by atoms with Crippen LogP contribution in [0, 0.1) is 0 Å². The SMILES string of the molecule is [B]CN/C(=C/CC)CC. The van der Waals surface area contributed by atoms with Crippen LogP contribution < -0.4 is 5.32 Å². The van der Waals surface area contributed by atoms with Crippen LogP contribution in [0.2, 0.25) is 0 Å². The van der Waals surface area contributed by atoms with Crippen molar-refractivity contribution in [2.45, 2.75) is 26.7 Å². The molecule has 0 heterocycles. The van der Waals surface area contributed by atoms with Crippen molar-refractivity contribution in [2.24, 2.45) is 0 Å². The summed E-state index contributed by atoms with van der Waals surface area (Å²) >= 11 is 0. The van der Waals surface area contributed by atoms with Crippen molar-refractivity contribution in [1.82, 2.24) is 5.32 Å². The van der Waals surface area contributed by atoms with Crippen molar-refractivity contribution in [3.05, 3.63) is 11.8 Å². The minimum absolute atomic E-state index is 0.541. The zero-order chi connectivity index (χ0) is 7.11. The Balaban J connectivity index is 3.53. The van der Waals surface area contributed by atoms with Crippen LogP contribution >= 0.6 is 0 Å². The topological polar surface area (TPSA) is 12.0 Å². The van der Waals surface area contributed by atoms with Crippen LogP contribution in [-0.4, -0.2) is 14.3 Å². The third kappa shape index (κ3) is 4.13. The standard InChI is InChI=1S/C7H14BN/c1-3-5-7(4-2)9-6-8/h5,9H,3-4,6H2,1-2H3/b7-5+. The van der Waals surface area contributed by atoms with Gasteiger partial charge in [-0.25, -0.2) is 0 Å². The molecule has 50 valence electrons. The molecule has 0 aromatic carbocycles. The third-order valence-corrected chi connectivity index (χ3v) is 1.16. The Morgan fingerprint density at radius 3 is 2.56 bits per heavy atom. The third-order valence-electron chi connectivity index (χ3n) is 1.16. The van der Waals surface area contributed by atoms with Gasteiger partial charge in [0.05, 0.1) is 7.85 Å². The Bertz CT molecular complexity index is 88.9. The molecule has 0 fully saturated rings. The molecular formula is C7H14BN. The highest BCUT2D eigenvalue weighted by atomic mass is 14.8. The summed E-state index contributed by atoms with van der Waals surface area (Å²) in [6, 6.07) is 0. The highest BCUT2D eigenvalue weighted by Gasteiger charge is 1.85. The lowest BCUT2D eigenvalue weighted by molar-refractivity contribution is 0.861. The van der Waals surface area contributed by atoms with Gasteiger partial charge in [0.2, 0.25) is 0 Å². The van der Waals surface area contributed by atoms with Gasteiger partial charge in [-0.15, -0.1) is 0 Å². The fourth-order valence-electron chi connectivity index (χ4n) is 0.719. The summed E-state index contributed by atoms with van der Waals surface area (Å²) in [5.74, 6) is 0. The normalized spacial score (nSPS) is 11.6. The van der Waals surface area contributed by atoms with E-state index in [1.165, 1.54) is 5.70 Å². The molecule has 0 aliphatic heterocycles. The predicted molar refractivity (Wildman–Crippen MR) is 42.4 cm³/mol. The molecule has 9 heavy (non-hydrogen) atoms. The van der Waals surface area contributed by atoms with E-state index in [4.69, 9.17) is 7.85 Å². The van der Waals surface area contributed by atoms with E-state index in [9.17, 15) is 0 Å². The van der Waals surface area contributed by atoms with Gasteiger partial charge in [-0.2, -0.15) is 0 Å². The second-order valence-electron chi connectivity index (χ2n) is 1.87. The summed E-state index contributed by atoms with van der Waals surface area (Å²) in [5.41, 5.74) is 1.25. The van der Waals surface area contributed by atoms with Crippen LogP contribution in [0.5, 0.6) is 0 Å². The van der Waals surface area contributed by atoms with Crippen LogP contribution in [0.3, 0.4) is 0 Å². The number of hydrogen-bond donors (Lipinski definition) is 1. The van der Waals surface area contributed by atoms with E-state index < -0.39 is 0 Å². The van der Waals surface area contributed by atoms with Gasteiger partial charge in [-0.3, -0.25) is 0 Å². The first-order valence-corrected chi connectivity index (χ1v) is 3.48. The maximum absolute atomic E-state index is 5.28. The molecule has 0 aliphatic rings. The number of hydrogen-bond acceptors (Lipinski definition) is 1. The van der Waals surface area contributed by atoms with E-state index in [1.54, 1.807) is 0 Å². The smallest absolute Gasteiger partial charge is 0.0939 e. The van der Waals surface area contributed by atoms with Crippen molar-refractivity contribution in [3.63, 3.8) is 0 Å². The first-order chi connectivity index (χ1) is 4.35. The first kappa shape index (κ1) is 8.60. The molecular weight excluding hydrogens is 109 g/mol. The minimum Gasteiger partial charge on any atom is -0.398 e. The number of nitrogens with one attached hydrogen (secondary N) is 1. The second-order valence-corrected chi connectivity index (χ2v) is 1.87. The Labute approximate surface area is 58.9 Å². The Kier molecular flexibility index (Phi) is 5.48. The first-order valence-electron chi connectivity index (χ1n) is 3.48. The fraction of sp³-hybridized carbons (Fsp3) is 0.714. The largest absolute Gasteiger partial charge is 0.398 e. The lowest BCUT2D eigenvalue weighted by Gasteiger charge is -2.04. The lowest BCUT2D eigenvalue weighted by atomic mass is 10.1. The molecule has 2 radical (unpaired) electrons. The Morgan fingerprint density at radius 2 is 2.22 bits per heavy atom. The van der Waals surface area contributed by atoms with Crippen LogP contribution in [-0.2, 0) is 0 Å². The van der Waals surface area contributed by atoms with E-state index in [-0.39, 0.29) is 0 Å². The monoisotopic (exact) mass is 123 g/mol. The molecule has 0 amide bonds. The zero-order valence-electron chi connectivity index (χ0n) is 6.28. The van der Waals surface area contributed by atoms with Gasteiger partial charge in [0.15, 0.2) is 0 Å². The Morgan fingerprint density at radius 1 is 1.56 bits per heavy atom. The molecule has 0 saturated heterocycles. The van der Waals surface area contributed by atoms with E-state index in [1.807, 2.05) is 0 Å². The predicted octanol–water partition coefficient (Wildman–Crippen LogP) is 1.41. The molecule has 0 unspecified atom stereocenters. The van der Waals surface area contributed by atoms with Crippen molar-refractivity contribution < 1.29 is 0 Å². The number of rotatable bonds is 4. The molecule has 1 N–H and O–H groups in total. The summed E-state index contributed by atoms with van der Waals surface area (Å²) in [5, 5.41) is 3.07. The van der Waals surface area contributed by atoms with Crippen molar-refractivity contribution >= 4 is 7.85 Å². The molecule has 0 saturated carbocycles. The van der Waals surface area contributed by atoms with E-state index in [0.29, 0.717) is 6.44 Å². The quantitative estimate of drug-likeness (QED) is 0.557.